The molecular weight excluding hydrogens is 394 g/mol. The largest absolute Gasteiger partial charge is 0.497 e. The van der Waals surface area contributed by atoms with E-state index in [0.717, 1.165) is 26.1 Å². The highest BCUT2D eigenvalue weighted by molar-refractivity contribution is 5.95. The summed E-state index contributed by atoms with van der Waals surface area (Å²) < 4.78 is 16.2. The molecule has 4 rings (SSSR count). The molecule has 1 fully saturated rings. The molecule has 7 nitrogen and oxygen atoms in total. The molecule has 0 aliphatic carbocycles. The van der Waals surface area contributed by atoms with Crippen molar-refractivity contribution in [3.63, 3.8) is 0 Å². The van der Waals surface area contributed by atoms with Crippen LogP contribution in [0.15, 0.2) is 36.4 Å². The minimum atomic E-state index is -0.142. The molecule has 1 amide bonds. The maximum Gasteiger partial charge on any atom is 0.251 e. The molecule has 1 saturated heterocycles. The maximum atomic E-state index is 13.0. The number of morpholine rings is 1. The molecular formula is C24H31N3O4. The molecule has 0 aromatic heterocycles. The Bertz CT molecular complexity index is 905. The first-order valence-corrected chi connectivity index (χ1v) is 10.8. The van der Waals surface area contributed by atoms with Crippen LogP contribution in [0.5, 0.6) is 11.5 Å². The number of carbonyl (C=O) groups is 1. The summed E-state index contributed by atoms with van der Waals surface area (Å²) in [5, 5.41) is 3.13. The second-order valence-corrected chi connectivity index (χ2v) is 8.04. The fraction of sp³-hybridized carbons (Fsp3) is 0.458. The first kappa shape index (κ1) is 21.5. The van der Waals surface area contributed by atoms with E-state index in [-0.39, 0.29) is 11.9 Å². The van der Waals surface area contributed by atoms with E-state index in [1.54, 1.807) is 32.4 Å². The standard InChI is InChI=1S/C24H31N3O4/c1-26-7-6-18-12-17(4-5-22(18)26)23(27-8-10-31-11-9-27)16-25-24(28)19-13-20(29-2)15-21(14-19)30-3/h4-5,12-15,23H,6-11,16H2,1-3H3,(H,25,28)/t23-/m1/s1. The van der Waals surface area contributed by atoms with Gasteiger partial charge in [0.15, 0.2) is 0 Å². The van der Waals surface area contributed by atoms with E-state index in [9.17, 15) is 4.79 Å². The van der Waals surface area contributed by atoms with E-state index in [0.29, 0.717) is 36.8 Å². The van der Waals surface area contributed by atoms with Gasteiger partial charge in [-0.2, -0.15) is 0 Å². The quantitative estimate of drug-likeness (QED) is 0.736. The lowest BCUT2D eigenvalue weighted by Crippen LogP contribution is -2.43. The number of ether oxygens (including phenoxy) is 3. The Morgan fingerprint density at radius 2 is 1.77 bits per heavy atom. The Balaban J connectivity index is 1.54. The lowest BCUT2D eigenvalue weighted by atomic mass is 10.00. The van der Waals surface area contributed by atoms with Crippen LogP contribution in [-0.4, -0.2) is 71.5 Å². The highest BCUT2D eigenvalue weighted by atomic mass is 16.5. The number of methoxy groups -OCH3 is 2. The zero-order chi connectivity index (χ0) is 21.8. The summed E-state index contributed by atoms with van der Waals surface area (Å²) in [5.74, 6) is 1.05. The summed E-state index contributed by atoms with van der Waals surface area (Å²) in [6, 6.07) is 12.0. The van der Waals surface area contributed by atoms with Crippen molar-refractivity contribution in [3.05, 3.63) is 53.1 Å². The van der Waals surface area contributed by atoms with E-state index >= 15 is 0 Å². The molecule has 31 heavy (non-hydrogen) atoms. The summed E-state index contributed by atoms with van der Waals surface area (Å²) in [7, 11) is 5.29. The zero-order valence-corrected chi connectivity index (χ0v) is 18.5. The van der Waals surface area contributed by atoms with Gasteiger partial charge >= 0.3 is 0 Å². The highest BCUT2D eigenvalue weighted by Gasteiger charge is 2.25. The fourth-order valence-electron chi connectivity index (χ4n) is 4.37. The molecule has 166 valence electrons. The van der Waals surface area contributed by atoms with Crippen LogP contribution in [-0.2, 0) is 11.2 Å². The Hall–Kier alpha value is -2.77. The monoisotopic (exact) mass is 425 g/mol. The van der Waals surface area contributed by atoms with Gasteiger partial charge < -0.3 is 24.4 Å². The number of likely N-dealkylation sites (N-methyl/N-ethyl adjacent to an activating group) is 1. The van der Waals surface area contributed by atoms with Gasteiger partial charge in [0.05, 0.1) is 33.5 Å². The van der Waals surface area contributed by atoms with Crippen molar-refractivity contribution in [2.45, 2.75) is 12.5 Å². The van der Waals surface area contributed by atoms with Gasteiger partial charge in [0.1, 0.15) is 11.5 Å². The van der Waals surface area contributed by atoms with E-state index in [1.165, 1.54) is 16.8 Å². The number of nitrogens with zero attached hydrogens (tertiary/aromatic N) is 2. The molecule has 2 aliphatic rings. The Morgan fingerprint density at radius 1 is 1.06 bits per heavy atom. The van der Waals surface area contributed by atoms with Crippen LogP contribution in [0.4, 0.5) is 5.69 Å². The average molecular weight is 426 g/mol. The second-order valence-electron chi connectivity index (χ2n) is 8.04. The van der Waals surface area contributed by atoms with Crippen LogP contribution in [0, 0.1) is 0 Å². The smallest absolute Gasteiger partial charge is 0.251 e. The number of amides is 1. The van der Waals surface area contributed by atoms with Crippen molar-refractivity contribution in [1.29, 1.82) is 0 Å². The maximum absolute atomic E-state index is 13.0. The SMILES string of the molecule is COc1cc(OC)cc(C(=O)NC[C@H](c2ccc3c(c2)CCN3C)N2CCOCC2)c1. The van der Waals surface area contributed by atoms with Crippen molar-refractivity contribution < 1.29 is 19.0 Å². The number of anilines is 1. The first-order valence-electron chi connectivity index (χ1n) is 10.8. The average Bonchev–Trinajstić information content (AvgIpc) is 3.19. The molecule has 0 spiro atoms. The van der Waals surface area contributed by atoms with Crippen molar-refractivity contribution in [2.24, 2.45) is 0 Å². The molecule has 2 aromatic rings. The van der Waals surface area contributed by atoms with Crippen molar-refractivity contribution in [1.82, 2.24) is 10.2 Å². The van der Waals surface area contributed by atoms with Gasteiger partial charge in [0.2, 0.25) is 0 Å². The van der Waals surface area contributed by atoms with E-state index in [1.807, 2.05) is 0 Å². The molecule has 0 saturated carbocycles. The fourth-order valence-corrected chi connectivity index (χ4v) is 4.37. The second kappa shape index (κ2) is 9.58. The van der Waals surface area contributed by atoms with E-state index in [2.05, 4.69) is 40.4 Å². The highest BCUT2D eigenvalue weighted by Crippen LogP contribution is 2.31. The Kier molecular flexibility index (Phi) is 6.63. The van der Waals surface area contributed by atoms with Crippen LogP contribution in [0.3, 0.4) is 0 Å². The number of hydrogen-bond donors (Lipinski definition) is 1. The summed E-state index contributed by atoms with van der Waals surface area (Å²) >= 11 is 0. The third kappa shape index (κ3) is 4.78. The molecule has 0 radical (unpaired) electrons. The zero-order valence-electron chi connectivity index (χ0n) is 18.5. The molecule has 2 aromatic carbocycles. The summed E-state index contributed by atoms with van der Waals surface area (Å²) in [6.45, 7) is 4.70. The van der Waals surface area contributed by atoms with Crippen molar-refractivity contribution in [2.75, 3.05) is 65.6 Å². The van der Waals surface area contributed by atoms with Gasteiger partial charge in [-0.15, -0.1) is 0 Å². The van der Waals surface area contributed by atoms with Crippen LogP contribution >= 0.6 is 0 Å². The Labute approximate surface area is 183 Å². The van der Waals surface area contributed by atoms with Gasteiger partial charge in [0.25, 0.3) is 5.91 Å². The molecule has 2 aliphatic heterocycles. The van der Waals surface area contributed by atoms with E-state index < -0.39 is 0 Å². The molecule has 1 N–H and O–H groups in total. The third-order valence-corrected chi connectivity index (χ3v) is 6.17. The number of rotatable bonds is 7. The molecule has 1 atom stereocenters. The molecule has 2 heterocycles. The minimum absolute atomic E-state index is 0.0940. The molecule has 7 heteroatoms. The predicted molar refractivity (Wildman–Crippen MR) is 120 cm³/mol. The first-order chi connectivity index (χ1) is 15.1. The van der Waals surface area contributed by atoms with Gasteiger partial charge in [0, 0.05) is 50.5 Å². The number of carbonyl (C=O) groups excluding carboxylic acids is 1. The third-order valence-electron chi connectivity index (χ3n) is 6.17. The summed E-state index contributed by atoms with van der Waals surface area (Å²) in [5.41, 5.74) is 4.44. The predicted octanol–water partition coefficient (Wildman–Crippen LogP) is 2.50. The van der Waals surface area contributed by atoms with Crippen LogP contribution in [0.2, 0.25) is 0 Å². The molecule has 0 bridgehead atoms. The summed E-state index contributed by atoms with van der Waals surface area (Å²) in [4.78, 5) is 17.6. The lowest BCUT2D eigenvalue weighted by molar-refractivity contribution is 0.0162. The Morgan fingerprint density at radius 3 is 2.45 bits per heavy atom. The van der Waals surface area contributed by atoms with Gasteiger partial charge in [-0.3, -0.25) is 9.69 Å². The van der Waals surface area contributed by atoms with Crippen LogP contribution < -0.4 is 19.7 Å². The number of hydrogen-bond acceptors (Lipinski definition) is 6. The van der Waals surface area contributed by atoms with Gasteiger partial charge in [-0.1, -0.05) is 12.1 Å². The van der Waals surface area contributed by atoms with Crippen molar-refractivity contribution in [3.8, 4) is 11.5 Å². The van der Waals surface area contributed by atoms with Gasteiger partial charge in [-0.05, 0) is 35.7 Å². The topological polar surface area (TPSA) is 63.3 Å². The number of benzene rings is 2. The van der Waals surface area contributed by atoms with Crippen molar-refractivity contribution >= 4 is 11.6 Å². The van der Waals surface area contributed by atoms with Crippen LogP contribution in [0.1, 0.15) is 27.5 Å². The normalized spacial score (nSPS) is 17.2. The number of fused-ring (bicyclic) bond motifs is 1. The summed E-state index contributed by atoms with van der Waals surface area (Å²) in [6.07, 6.45) is 1.06. The molecule has 0 unspecified atom stereocenters. The number of nitrogens with one attached hydrogen (secondary N) is 1. The van der Waals surface area contributed by atoms with Gasteiger partial charge in [-0.25, -0.2) is 0 Å². The minimum Gasteiger partial charge on any atom is -0.497 e. The van der Waals surface area contributed by atoms with E-state index in [4.69, 9.17) is 14.2 Å². The lowest BCUT2D eigenvalue weighted by Gasteiger charge is -2.35. The van der Waals surface area contributed by atoms with Crippen LogP contribution in [0.25, 0.3) is 0 Å².